The summed E-state index contributed by atoms with van der Waals surface area (Å²) in [6.07, 6.45) is 2.59. The number of aliphatic hydroxyl groups excluding tert-OH is 1. The first-order valence-corrected chi connectivity index (χ1v) is 5.58. The van der Waals surface area contributed by atoms with Crippen LogP contribution in [0.15, 0.2) is 0 Å². The molecule has 0 saturated heterocycles. The number of nitrogens with zero attached hydrogens (tertiary/aromatic N) is 1. The standard InChI is InChI=1S/C11H23NO2/c1-9(2)14-7-6-12(3)8-11(13)10-4-5-10/h9-11,13H,4-8H2,1-3H3. The van der Waals surface area contributed by atoms with E-state index in [2.05, 4.69) is 4.90 Å². The van der Waals surface area contributed by atoms with E-state index in [0.29, 0.717) is 12.0 Å². The molecule has 1 aliphatic rings. The molecule has 1 atom stereocenters. The van der Waals surface area contributed by atoms with Crippen LogP contribution >= 0.6 is 0 Å². The zero-order valence-electron chi connectivity index (χ0n) is 9.57. The number of ether oxygens (including phenoxy) is 1. The van der Waals surface area contributed by atoms with Crippen LogP contribution in [0.5, 0.6) is 0 Å². The highest BCUT2D eigenvalue weighted by Gasteiger charge is 2.30. The second-order valence-corrected chi connectivity index (χ2v) is 4.59. The first kappa shape index (κ1) is 12.0. The fourth-order valence-electron chi connectivity index (χ4n) is 1.48. The number of hydrogen-bond donors (Lipinski definition) is 1. The molecule has 0 radical (unpaired) electrons. The molecular formula is C11H23NO2. The third-order valence-corrected chi connectivity index (χ3v) is 2.59. The lowest BCUT2D eigenvalue weighted by molar-refractivity contribution is 0.0485. The summed E-state index contributed by atoms with van der Waals surface area (Å²) in [4.78, 5) is 2.14. The third-order valence-electron chi connectivity index (χ3n) is 2.59. The Kier molecular flexibility index (Phi) is 4.85. The predicted octanol–water partition coefficient (Wildman–Crippen LogP) is 1.11. The highest BCUT2D eigenvalue weighted by molar-refractivity contribution is 4.82. The second-order valence-electron chi connectivity index (χ2n) is 4.59. The lowest BCUT2D eigenvalue weighted by Crippen LogP contribution is -2.33. The van der Waals surface area contributed by atoms with Gasteiger partial charge in [0.1, 0.15) is 0 Å². The van der Waals surface area contributed by atoms with Crippen LogP contribution in [0.4, 0.5) is 0 Å². The number of aliphatic hydroxyl groups is 1. The van der Waals surface area contributed by atoms with E-state index in [-0.39, 0.29) is 6.10 Å². The zero-order valence-corrected chi connectivity index (χ0v) is 9.57. The van der Waals surface area contributed by atoms with Gasteiger partial charge in [-0.25, -0.2) is 0 Å². The maximum absolute atomic E-state index is 9.69. The molecule has 1 unspecified atom stereocenters. The molecule has 0 aliphatic heterocycles. The van der Waals surface area contributed by atoms with Gasteiger partial charge in [-0.1, -0.05) is 0 Å². The molecule has 0 aromatic rings. The highest BCUT2D eigenvalue weighted by Crippen LogP contribution is 2.32. The van der Waals surface area contributed by atoms with Gasteiger partial charge in [0.05, 0.1) is 18.8 Å². The van der Waals surface area contributed by atoms with Crippen molar-refractivity contribution in [3.05, 3.63) is 0 Å². The zero-order chi connectivity index (χ0) is 10.6. The van der Waals surface area contributed by atoms with Crippen LogP contribution < -0.4 is 0 Å². The molecule has 84 valence electrons. The Morgan fingerprint density at radius 2 is 2.07 bits per heavy atom. The van der Waals surface area contributed by atoms with Crippen LogP contribution in [0, 0.1) is 5.92 Å². The molecule has 0 heterocycles. The van der Waals surface area contributed by atoms with Gasteiger partial charge < -0.3 is 14.7 Å². The Morgan fingerprint density at radius 1 is 1.43 bits per heavy atom. The molecule has 14 heavy (non-hydrogen) atoms. The van der Waals surface area contributed by atoms with E-state index >= 15 is 0 Å². The van der Waals surface area contributed by atoms with Crippen molar-refractivity contribution in [2.24, 2.45) is 5.92 Å². The third kappa shape index (κ3) is 4.94. The predicted molar refractivity (Wildman–Crippen MR) is 57.3 cm³/mol. The van der Waals surface area contributed by atoms with Gasteiger partial charge in [-0.15, -0.1) is 0 Å². The van der Waals surface area contributed by atoms with Crippen molar-refractivity contribution in [2.75, 3.05) is 26.7 Å². The molecule has 1 aliphatic carbocycles. The van der Waals surface area contributed by atoms with Crippen molar-refractivity contribution in [3.8, 4) is 0 Å². The van der Waals surface area contributed by atoms with Crippen LogP contribution in [-0.4, -0.2) is 49.0 Å². The number of likely N-dealkylation sites (N-methyl/N-ethyl adjacent to an activating group) is 1. The van der Waals surface area contributed by atoms with Gasteiger partial charge in [-0.05, 0) is 39.7 Å². The van der Waals surface area contributed by atoms with Crippen LogP contribution in [-0.2, 0) is 4.74 Å². The van der Waals surface area contributed by atoms with E-state index in [4.69, 9.17) is 4.74 Å². The monoisotopic (exact) mass is 201 g/mol. The summed E-state index contributed by atoms with van der Waals surface area (Å²) in [7, 11) is 2.04. The lowest BCUT2D eigenvalue weighted by atomic mass is 10.2. The van der Waals surface area contributed by atoms with Gasteiger partial charge in [0, 0.05) is 13.1 Å². The molecular weight excluding hydrogens is 178 g/mol. The summed E-state index contributed by atoms with van der Waals surface area (Å²) in [6.45, 7) is 6.53. The van der Waals surface area contributed by atoms with E-state index in [1.807, 2.05) is 20.9 Å². The van der Waals surface area contributed by atoms with Crippen molar-refractivity contribution in [1.29, 1.82) is 0 Å². The average Bonchev–Trinajstić information content (AvgIpc) is 2.84. The van der Waals surface area contributed by atoms with E-state index < -0.39 is 0 Å². The first-order chi connectivity index (χ1) is 6.59. The molecule has 1 N–H and O–H groups in total. The molecule has 0 amide bonds. The fraction of sp³-hybridized carbons (Fsp3) is 1.00. The van der Waals surface area contributed by atoms with Gasteiger partial charge in [-0.3, -0.25) is 0 Å². The summed E-state index contributed by atoms with van der Waals surface area (Å²) >= 11 is 0. The van der Waals surface area contributed by atoms with Crippen LogP contribution in [0.25, 0.3) is 0 Å². The van der Waals surface area contributed by atoms with Crippen molar-refractivity contribution < 1.29 is 9.84 Å². The number of rotatable bonds is 7. The Labute approximate surface area is 87.1 Å². The van der Waals surface area contributed by atoms with E-state index in [9.17, 15) is 5.11 Å². The lowest BCUT2D eigenvalue weighted by Gasteiger charge is -2.20. The van der Waals surface area contributed by atoms with Crippen LogP contribution in [0.2, 0.25) is 0 Å². The van der Waals surface area contributed by atoms with Gasteiger partial charge in [0.15, 0.2) is 0 Å². The van der Waals surface area contributed by atoms with Gasteiger partial charge >= 0.3 is 0 Å². The molecule has 3 heteroatoms. The second kappa shape index (κ2) is 5.69. The summed E-state index contributed by atoms with van der Waals surface area (Å²) in [5.41, 5.74) is 0. The van der Waals surface area contributed by atoms with E-state index in [1.165, 1.54) is 12.8 Å². The molecule has 1 saturated carbocycles. The Bertz CT molecular complexity index is 157. The molecule has 0 aromatic heterocycles. The minimum atomic E-state index is -0.126. The minimum absolute atomic E-state index is 0.126. The topological polar surface area (TPSA) is 32.7 Å². The average molecular weight is 201 g/mol. The smallest absolute Gasteiger partial charge is 0.0695 e. The Hall–Kier alpha value is -0.120. The molecule has 0 bridgehead atoms. The SMILES string of the molecule is CC(C)OCCN(C)CC(O)C1CC1. The number of hydrogen-bond acceptors (Lipinski definition) is 3. The van der Waals surface area contributed by atoms with Crippen LogP contribution in [0.1, 0.15) is 26.7 Å². The highest BCUT2D eigenvalue weighted by atomic mass is 16.5. The summed E-state index contributed by atoms with van der Waals surface area (Å²) in [6, 6.07) is 0. The van der Waals surface area contributed by atoms with Gasteiger partial charge in [-0.2, -0.15) is 0 Å². The fourth-order valence-corrected chi connectivity index (χ4v) is 1.48. The van der Waals surface area contributed by atoms with Crippen molar-refractivity contribution in [2.45, 2.75) is 38.9 Å². The maximum Gasteiger partial charge on any atom is 0.0695 e. The summed E-state index contributed by atoms with van der Waals surface area (Å²) in [5.74, 6) is 0.573. The molecule has 0 aromatic carbocycles. The molecule has 3 nitrogen and oxygen atoms in total. The van der Waals surface area contributed by atoms with Crippen LogP contribution in [0.3, 0.4) is 0 Å². The molecule has 1 rings (SSSR count). The Balaban J connectivity index is 2.00. The largest absolute Gasteiger partial charge is 0.392 e. The Morgan fingerprint density at radius 3 is 2.57 bits per heavy atom. The molecule has 1 fully saturated rings. The van der Waals surface area contributed by atoms with Gasteiger partial charge in [0.2, 0.25) is 0 Å². The van der Waals surface area contributed by atoms with Crippen molar-refractivity contribution >= 4 is 0 Å². The van der Waals surface area contributed by atoms with E-state index in [1.54, 1.807) is 0 Å². The summed E-state index contributed by atoms with van der Waals surface area (Å²) < 4.78 is 5.45. The summed E-state index contributed by atoms with van der Waals surface area (Å²) in [5, 5.41) is 9.69. The van der Waals surface area contributed by atoms with Gasteiger partial charge in [0.25, 0.3) is 0 Å². The molecule has 0 spiro atoms. The first-order valence-electron chi connectivity index (χ1n) is 5.58. The quantitative estimate of drug-likeness (QED) is 0.670. The van der Waals surface area contributed by atoms with Crippen molar-refractivity contribution in [3.63, 3.8) is 0 Å². The maximum atomic E-state index is 9.69. The minimum Gasteiger partial charge on any atom is -0.392 e. The van der Waals surface area contributed by atoms with E-state index in [0.717, 1.165) is 19.7 Å². The van der Waals surface area contributed by atoms with Crippen molar-refractivity contribution in [1.82, 2.24) is 4.90 Å². The normalized spacial score (nSPS) is 19.3.